The van der Waals surface area contributed by atoms with E-state index in [1.54, 1.807) is 17.0 Å². The number of nitrogens with one attached hydrogen (secondary N) is 1. The lowest BCUT2D eigenvalue weighted by Crippen LogP contribution is -2.36. The molecule has 2 aliphatic heterocycles. The molecule has 0 aliphatic carbocycles. The third-order valence-corrected chi connectivity index (χ3v) is 9.97. The zero-order valence-electron chi connectivity index (χ0n) is 25.9. The number of fused-ring (bicyclic) bond motifs is 2. The van der Waals surface area contributed by atoms with Gasteiger partial charge in [0.15, 0.2) is 0 Å². The summed E-state index contributed by atoms with van der Waals surface area (Å²) in [5.41, 5.74) is 4.81. The number of amides is 2. The van der Waals surface area contributed by atoms with E-state index in [1.165, 1.54) is 30.2 Å². The second-order valence-corrected chi connectivity index (χ2v) is 13.2. The first kappa shape index (κ1) is 31.6. The molecule has 4 aromatic rings. The topological polar surface area (TPSA) is 90.0 Å². The Morgan fingerprint density at radius 2 is 1.54 bits per heavy atom. The number of benzene rings is 4. The van der Waals surface area contributed by atoms with Crippen LogP contribution in [0.4, 0.5) is 5.69 Å². The lowest BCUT2D eigenvalue weighted by atomic mass is 9.90. The molecule has 2 amide bonds. The minimum absolute atomic E-state index is 0.0541. The Morgan fingerprint density at radius 3 is 2.30 bits per heavy atom. The summed E-state index contributed by atoms with van der Waals surface area (Å²) in [7, 11) is 0. The number of likely N-dealkylation sites (tertiary alicyclic amines) is 1. The fourth-order valence-electron chi connectivity index (χ4n) is 6.31. The van der Waals surface area contributed by atoms with Crippen molar-refractivity contribution in [3.05, 3.63) is 125 Å². The van der Waals surface area contributed by atoms with Crippen LogP contribution in [0.5, 0.6) is 0 Å². The highest BCUT2D eigenvalue weighted by Crippen LogP contribution is 2.42. The number of piperidine rings is 1. The van der Waals surface area contributed by atoms with Crippen LogP contribution >= 0.6 is 11.8 Å². The van der Waals surface area contributed by atoms with E-state index in [-0.39, 0.29) is 18.2 Å². The van der Waals surface area contributed by atoms with E-state index in [4.69, 9.17) is 5.11 Å². The Balaban J connectivity index is 1.08. The Bertz CT molecular complexity index is 1680. The van der Waals surface area contributed by atoms with Crippen molar-refractivity contribution in [1.82, 2.24) is 10.2 Å². The Morgan fingerprint density at radius 1 is 0.826 bits per heavy atom. The van der Waals surface area contributed by atoms with Crippen LogP contribution in [-0.2, 0) is 24.2 Å². The summed E-state index contributed by atoms with van der Waals surface area (Å²) in [6, 6.07) is 31.1. The molecule has 2 aliphatic rings. The smallest absolute Gasteiger partial charge is 0.307 e. The minimum atomic E-state index is -0.886. The van der Waals surface area contributed by atoms with Gasteiger partial charge in [-0.2, -0.15) is 0 Å². The van der Waals surface area contributed by atoms with Crippen molar-refractivity contribution in [3.63, 3.8) is 0 Å². The molecule has 6 rings (SSSR count). The summed E-state index contributed by atoms with van der Waals surface area (Å²) in [4.78, 5) is 44.3. The number of aliphatic carboxylic acids is 1. The van der Waals surface area contributed by atoms with E-state index in [9.17, 15) is 14.4 Å². The van der Waals surface area contributed by atoms with Crippen LogP contribution in [0.15, 0.2) is 107 Å². The number of anilines is 1. The van der Waals surface area contributed by atoms with Gasteiger partial charge in [0.05, 0.1) is 24.2 Å². The van der Waals surface area contributed by atoms with Gasteiger partial charge in [0.1, 0.15) is 0 Å². The molecule has 7 nitrogen and oxygen atoms in total. The quantitative estimate of drug-likeness (QED) is 0.179. The van der Waals surface area contributed by atoms with Crippen LogP contribution in [0.2, 0.25) is 0 Å². The number of carboxylic acids is 1. The number of rotatable bonds is 11. The van der Waals surface area contributed by atoms with Gasteiger partial charge in [-0.1, -0.05) is 78.5 Å². The second-order valence-electron chi connectivity index (χ2n) is 12.1. The van der Waals surface area contributed by atoms with E-state index >= 15 is 0 Å². The van der Waals surface area contributed by atoms with E-state index in [2.05, 4.69) is 40.5 Å². The summed E-state index contributed by atoms with van der Waals surface area (Å²) in [6.07, 6.45) is 4.40. The van der Waals surface area contributed by atoms with Gasteiger partial charge in [-0.15, -0.1) is 0 Å². The van der Waals surface area contributed by atoms with E-state index in [1.807, 2.05) is 54.6 Å². The number of hydrogen-bond donors (Lipinski definition) is 2. The standard InChI is InChI=1S/C38H39N3O4S/c42-36(43)24-28-11-13-30(14-12-28)26-41-33-25-31(15-16-35(33)46-34-10-5-4-9-32(34)38(41)45)37(44)39-19-6-20-40-21-17-29(18-22-40)23-27-7-2-1-3-8-27/h1-5,7-16,25,29H,6,17-24,26H2,(H,39,44)(H,42,43). The van der Waals surface area contributed by atoms with Crippen molar-refractivity contribution < 1.29 is 19.5 Å². The molecule has 8 heteroatoms. The maximum Gasteiger partial charge on any atom is 0.307 e. The highest BCUT2D eigenvalue weighted by molar-refractivity contribution is 7.99. The van der Waals surface area contributed by atoms with Gasteiger partial charge in [-0.05, 0) is 98.3 Å². The highest BCUT2D eigenvalue weighted by Gasteiger charge is 2.28. The van der Waals surface area contributed by atoms with Crippen LogP contribution in [0.1, 0.15) is 56.7 Å². The van der Waals surface area contributed by atoms with Crippen molar-refractivity contribution in [2.45, 2.75) is 48.4 Å². The van der Waals surface area contributed by atoms with Gasteiger partial charge in [0, 0.05) is 21.9 Å². The molecule has 46 heavy (non-hydrogen) atoms. The summed E-state index contributed by atoms with van der Waals surface area (Å²) >= 11 is 1.52. The fourth-order valence-corrected chi connectivity index (χ4v) is 7.36. The van der Waals surface area contributed by atoms with Crippen LogP contribution in [0, 0.1) is 5.92 Å². The Kier molecular flexibility index (Phi) is 10.2. The largest absolute Gasteiger partial charge is 0.481 e. The van der Waals surface area contributed by atoms with Crippen LogP contribution in [0.25, 0.3) is 0 Å². The first-order chi connectivity index (χ1) is 22.4. The van der Waals surface area contributed by atoms with Gasteiger partial charge < -0.3 is 20.2 Å². The van der Waals surface area contributed by atoms with Crippen molar-refractivity contribution in [1.29, 1.82) is 0 Å². The number of carboxylic acid groups (broad SMARTS) is 1. The molecule has 0 saturated carbocycles. The lowest BCUT2D eigenvalue weighted by molar-refractivity contribution is -0.136. The number of carbonyl (C=O) groups is 3. The first-order valence-corrected chi connectivity index (χ1v) is 16.8. The molecule has 0 unspecified atom stereocenters. The third kappa shape index (κ3) is 7.87. The molecule has 0 radical (unpaired) electrons. The lowest BCUT2D eigenvalue weighted by Gasteiger charge is -2.32. The molecule has 2 N–H and O–H groups in total. The monoisotopic (exact) mass is 633 g/mol. The molecular weight excluding hydrogens is 595 g/mol. The van der Waals surface area contributed by atoms with E-state index in [0.717, 1.165) is 53.7 Å². The summed E-state index contributed by atoms with van der Waals surface area (Å²) < 4.78 is 0. The molecule has 0 spiro atoms. The normalized spacial score (nSPS) is 15.1. The minimum Gasteiger partial charge on any atom is -0.481 e. The predicted molar refractivity (Wildman–Crippen MR) is 182 cm³/mol. The van der Waals surface area contributed by atoms with Crippen molar-refractivity contribution >= 4 is 35.2 Å². The van der Waals surface area contributed by atoms with Gasteiger partial charge in [-0.25, -0.2) is 0 Å². The van der Waals surface area contributed by atoms with Gasteiger partial charge >= 0.3 is 5.97 Å². The van der Waals surface area contributed by atoms with Crippen LogP contribution in [0.3, 0.4) is 0 Å². The van der Waals surface area contributed by atoms with Crippen molar-refractivity contribution in [2.24, 2.45) is 5.92 Å². The molecule has 4 aromatic carbocycles. The number of carbonyl (C=O) groups excluding carboxylic acids is 2. The van der Waals surface area contributed by atoms with Crippen LogP contribution < -0.4 is 10.2 Å². The molecular formula is C38H39N3O4S. The Hall–Kier alpha value is -4.40. The van der Waals surface area contributed by atoms with E-state index < -0.39 is 5.97 Å². The molecule has 0 bridgehead atoms. The number of hydrogen-bond acceptors (Lipinski definition) is 5. The zero-order chi connectivity index (χ0) is 31.9. The second kappa shape index (κ2) is 14.8. The average Bonchev–Trinajstić information content (AvgIpc) is 3.18. The van der Waals surface area contributed by atoms with Crippen LogP contribution in [-0.4, -0.2) is 54.0 Å². The summed E-state index contributed by atoms with van der Waals surface area (Å²) in [6.45, 7) is 4.04. The zero-order valence-corrected chi connectivity index (χ0v) is 26.7. The highest BCUT2D eigenvalue weighted by atomic mass is 32.2. The Labute approximate surface area is 274 Å². The average molecular weight is 634 g/mol. The van der Waals surface area contributed by atoms with Gasteiger partial charge in [-0.3, -0.25) is 14.4 Å². The van der Waals surface area contributed by atoms with Crippen molar-refractivity contribution in [2.75, 3.05) is 31.1 Å². The SMILES string of the molecule is O=C(O)Cc1ccc(CN2C(=O)c3ccccc3Sc3ccc(C(=O)NCCCN4CCC(Cc5ccccc5)CC4)cc32)cc1. The number of nitrogens with zero attached hydrogens (tertiary/aromatic N) is 2. The summed E-state index contributed by atoms with van der Waals surface area (Å²) in [5, 5.41) is 12.2. The van der Waals surface area contributed by atoms with E-state index in [0.29, 0.717) is 35.5 Å². The maximum absolute atomic E-state index is 13.9. The fraction of sp³-hybridized carbons (Fsp3) is 0.289. The molecule has 0 atom stereocenters. The third-order valence-electron chi connectivity index (χ3n) is 8.82. The summed E-state index contributed by atoms with van der Waals surface area (Å²) in [5.74, 6) is -0.439. The predicted octanol–water partition coefficient (Wildman–Crippen LogP) is 6.70. The molecule has 1 saturated heterocycles. The van der Waals surface area contributed by atoms with Gasteiger partial charge in [0.25, 0.3) is 11.8 Å². The van der Waals surface area contributed by atoms with Gasteiger partial charge in [0.2, 0.25) is 0 Å². The molecule has 2 heterocycles. The van der Waals surface area contributed by atoms with Crippen molar-refractivity contribution in [3.8, 4) is 0 Å². The first-order valence-electron chi connectivity index (χ1n) is 16.0. The molecule has 0 aromatic heterocycles. The molecule has 236 valence electrons. The maximum atomic E-state index is 13.9. The molecule has 1 fully saturated rings.